The number of rotatable bonds is 4. The van der Waals surface area contributed by atoms with Gasteiger partial charge in [-0.3, -0.25) is 4.48 Å². The molecule has 0 atom stereocenters. The number of likely N-dealkylation sites (N-methyl/N-ethyl adjacent to an activating group) is 1. The Morgan fingerprint density at radius 3 is 1.69 bits per heavy atom. The molecule has 0 fully saturated rings. The van der Waals surface area contributed by atoms with Gasteiger partial charge in [-0.25, -0.2) is 0 Å². The summed E-state index contributed by atoms with van der Waals surface area (Å²) in [6.45, 7) is 1.18. The van der Waals surface area contributed by atoms with Crippen molar-refractivity contribution >= 4 is 5.69 Å². The van der Waals surface area contributed by atoms with Crippen molar-refractivity contribution in [2.75, 3.05) is 48.8 Å². The molecule has 2 nitrogen and oxygen atoms in total. The maximum absolute atomic E-state index is 2.26. The summed E-state index contributed by atoms with van der Waals surface area (Å²) in [6.07, 6.45) is 1.15. The van der Waals surface area contributed by atoms with Crippen LogP contribution in [0.5, 0.6) is 0 Å². The van der Waals surface area contributed by atoms with Crippen LogP contribution in [-0.4, -0.2) is 53.3 Å². The van der Waals surface area contributed by atoms with Crippen LogP contribution < -0.4 is 4.48 Å². The third kappa shape index (κ3) is 4.33. The fraction of sp³-hybridized carbons (Fsp3) is 0.571. The molecule has 0 saturated carbocycles. The van der Waals surface area contributed by atoms with E-state index in [1.54, 1.807) is 0 Å². The number of hydrogen-bond donors (Lipinski definition) is 0. The van der Waals surface area contributed by atoms with Gasteiger partial charge in [0.1, 0.15) is 5.69 Å². The molecule has 0 N–H and O–H groups in total. The first-order chi connectivity index (χ1) is 7.18. The van der Waals surface area contributed by atoms with E-state index in [9.17, 15) is 0 Å². The van der Waals surface area contributed by atoms with Crippen molar-refractivity contribution < 1.29 is 4.48 Å². The molecule has 1 aromatic carbocycles. The topological polar surface area (TPSA) is 0 Å². The van der Waals surface area contributed by atoms with Gasteiger partial charge in [-0.05, 0) is 17.7 Å². The molecule has 0 unspecified atom stereocenters. The van der Waals surface area contributed by atoms with E-state index in [0.29, 0.717) is 0 Å². The van der Waals surface area contributed by atoms with Crippen molar-refractivity contribution in [2.24, 2.45) is 0 Å². The SMILES string of the molecule is C[N+](C)(C)CCc1ccc([N+](C)(C)C)cc1. The molecule has 1 aromatic rings. The lowest BCUT2D eigenvalue weighted by atomic mass is 10.1. The first-order valence-electron chi connectivity index (χ1n) is 5.90. The Morgan fingerprint density at radius 2 is 1.31 bits per heavy atom. The molecule has 2 heteroatoms. The van der Waals surface area contributed by atoms with Gasteiger partial charge in [0.2, 0.25) is 0 Å². The second-order valence-electron chi connectivity index (χ2n) is 6.44. The summed E-state index contributed by atoms with van der Waals surface area (Å²) in [6, 6.07) is 9.00. The first kappa shape index (κ1) is 13.2. The highest BCUT2D eigenvalue weighted by Gasteiger charge is 2.12. The average molecular weight is 222 g/mol. The van der Waals surface area contributed by atoms with Gasteiger partial charge in [-0.1, -0.05) is 12.1 Å². The fourth-order valence-electron chi connectivity index (χ4n) is 1.57. The maximum atomic E-state index is 2.26. The second-order valence-corrected chi connectivity index (χ2v) is 6.44. The third-order valence-electron chi connectivity index (χ3n) is 2.78. The normalized spacial score (nSPS) is 12.9. The Balaban J connectivity index is 2.66. The lowest BCUT2D eigenvalue weighted by molar-refractivity contribution is -0.870. The lowest BCUT2D eigenvalue weighted by Gasteiger charge is -2.25. The molecule has 0 aliphatic carbocycles. The highest BCUT2D eigenvalue weighted by Crippen LogP contribution is 2.17. The quantitative estimate of drug-likeness (QED) is 0.685. The van der Waals surface area contributed by atoms with Gasteiger partial charge >= 0.3 is 0 Å². The molecule has 0 spiro atoms. The molecule has 0 bridgehead atoms. The molecular formula is C14H26N2+2. The Bertz CT molecular complexity index is 325. The number of benzene rings is 1. The number of hydrogen-bond acceptors (Lipinski definition) is 0. The minimum atomic E-state index is 0.885. The van der Waals surface area contributed by atoms with Crippen LogP contribution >= 0.6 is 0 Å². The zero-order valence-corrected chi connectivity index (χ0v) is 11.6. The highest BCUT2D eigenvalue weighted by molar-refractivity contribution is 5.42. The monoisotopic (exact) mass is 222 g/mol. The Kier molecular flexibility index (Phi) is 3.76. The smallest absolute Gasteiger partial charge is 0.132 e. The van der Waals surface area contributed by atoms with Crippen LogP contribution in [-0.2, 0) is 6.42 Å². The van der Waals surface area contributed by atoms with Crippen molar-refractivity contribution in [1.82, 2.24) is 4.48 Å². The molecule has 90 valence electrons. The summed E-state index contributed by atoms with van der Waals surface area (Å²) >= 11 is 0. The maximum Gasteiger partial charge on any atom is 0.132 e. The van der Waals surface area contributed by atoms with Crippen LogP contribution in [0, 0.1) is 0 Å². The van der Waals surface area contributed by atoms with Crippen LogP contribution in [0.4, 0.5) is 5.69 Å². The molecular weight excluding hydrogens is 196 g/mol. The Hall–Kier alpha value is -0.860. The molecule has 0 aliphatic heterocycles. The predicted molar refractivity (Wildman–Crippen MR) is 72.6 cm³/mol. The van der Waals surface area contributed by atoms with Crippen molar-refractivity contribution in [3.8, 4) is 0 Å². The molecule has 1 rings (SSSR count). The molecule has 0 aliphatic rings. The van der Waals surface area contributed by atoms with E-state index in [2.05, 4.69) is 66.6 Å². The summed E-state index contributed by atoms with van der Waals surface area (Å²) in [4.78, 5) is 0. The third-order valence-corrected chi connectivity index (χ3v) is 2.78. The van der Waals surface area contributed by atoms with Gasteiger partial charge in [0.25, 0.3) is 0 Å². The molecule has 0 amide bonds. The number of quaternary nitrogens is 2. The minimum absolute atomic E-state index is 0.885. The van der Waals surface area contributed by atoms with Gasteiger partial charge in [0.05, 0.1) is 48.8 Å². The summed E-state index contributed by atoms with van der Waals surface area (Å²) in [7, 11) is 13.3. The summed E-state index contributed by atoms with van der Waals surface area (Å²) in [5, 5.41) is 0. The summed E-state index contributed by atoms with van der Waals surface area (Å²) in [5.74, 6) is 0. The van der Waals surface area contributed by atoms with Gasteiger partial charge in [-0.15, -0.1) is 0 Å². The van der Waals surface area contributed by atoms with E-state index >= 15 is 0 Å². The van der Waals surface area contributed by atoms with Gasteiger partial charge < -0.3 is 4.48 Å². The van der Waals surface area contributed by atoms with Crippen molar-refractivity contribution in [1.29, 1.82) is 0 Å². The average Bonchev–Trinajstić information content (AvgIpc) is 2.13. The molecule has 16 heavy (non-hydrogen) atoms. The Labute approximate surface area is 100 Å². The standard InChI is InChI=1S/C14H26N2/c1-15(2,3)12-11-13-7-9-14(10-8-13)16(4,5)6/h7-10H,11-12H2,1-6H3/q+2. The fourth-order valence-corrected chi connectivity index (χ4v) is 1.57. The largest absolute Gasteiger partial charge is 0.331 e. The van der Waals surface area contributed by atoms with Crippen LogP contribution in [0.3, 0.4) is 0 Å². The summed E-state index contributed by atoms with van der Waals surface area (Å²) < 4.78 is 1.91. The molecule has 0 radical (unpaired) electrons. The van der Waals surface area contributed by atoms with Gasteiger partial charge in [0, 0.05) is 6.42 Å². The second kappa shape index (κ2) is 4.56. The van der Waals surface area contributed by atoms with Crippen molar-refractivity contribution in [3.63, 3.8) is 0 Å². The minimum Gasteiger partial charge on any atom is -0.331 e. The van der Waals surface area contributed by atoms with Crippen molar-refractivity contribution in [2.45, 2.75) is 6.42 Å². The van der Waals surface area contributed by atoms with Gasteiger partial charge in [0.15, 0.2) is 0 Å². The predicted octanol–water partition coefficient (Wildman–Crippen LogP) is 2.13. The van der Waals surface area contributed by atoms with E-state index in [0.717, 1.165) is 15.4 Å². The van der Waals surface area contributed by atoms with E-state index in [-0.39, 0.29) is 0 Å². The van der Waals surface area contributed by atoms with Crippen LogP contribution in [0.25, 0.3) is 0 Å². The van der Waals surface area contributed by atoms with Gasteiger partial charge in [-0.2, -0.15) is 0 Å². The zero-order chi connectivity index (χ0) is 12.4. The molecule has 0 aromatic heterocycles. The van der Waals surface area contributed by atoms with E-state index in [4.69, 9.17) is 0 Å². The van der Waals surface area contributed by atoms with Crippen LogP contribution in [0.2, 0.25) is 0 Å². The summed E-state index contributed by atoms with van der Waals surface area (Å²) in [5.41, 5.74) is 2.79. The lowest BCUT2D eigenvalue weighted by Crippen LogP contribution is -2.36. The zero-order valence-electron chi connectivity index (χ0n) is 11.6. The molecule has 0 heterocycles. The first-order valence-corrected chi connectivity index (χ1v) is 5.90. The van der Waals surface area contributed by atoms with Crippen LogP contribution in [0.15, 0.2) is 24.3 Å². The van der Waals surface area contributed by atoms with E-state index < -0.39 is 0 Å². The van der Waals surface area contributed by atoms with E-state index in [1.165, 1.54) is 17.8 Å². The van der Waals surface area contributed by atoms with Crippen LogP contribution in [0.1, 0.15) is 5.56 Å². The van der Waals surface area contributed by atoms with E-state index in [1.807, 2.05) is 0 Å². The number of nitrogens with zero attached hydrogens (tertiary/aromatic N) is 2. The Morgan fingerprint density at radius 1 is 0.812 bits per heavy atom. The highest BCUT2D eigenvalue weighted by atomic mass is 15.3. The van der Waals surface area contributed by atoms with Crippen molar-refractivity contribution in [3.05, 3.63) is 29.8 Å². The molecule has 0 saturated heterocycles.